The molecule has 1 aliphatic heterocycles. The summed E-state index contributed by atoms with van der Waals surface area (Å²) in [6.07, 6.45) is -0.337. The molecule has 2 atom stereocenters. The monoisotopic (exact) mass is 351 g/mol. The molecule has 1 saturated heterocycles. The summed E-state index contributed by atoms with van der Waals surface area (Å²) in [5, 5.41) is 10.8. The van der Waals surface area contributed by atoms with Gasteiger partial charge in [0, 0.05) is 11.6 Å². The van der Waals surface area contributed by atoms with E-state index in [9.17, 15) is 13.5 Å². The molecule has 3 rings (SSSR count). The number of hydrogen-bond donors (Lipinski definition) is 1. The number of rotatable bonds is 3. The zero-order valence-electron chi connectivity index (χ0n) is 12.7. The predicted octanol–water partition coefficient (Wildman–Crippen LogP) is 3.15. The lowest BCUT2D eigenvalue weighted by Crippen LogP contribution is -2.33. The first-order valence-electron chi connectivity index (χ1n) is 7.41. The molecule has 0 spiro atoms. The van der Waals surface area contributed by atoms with Gasteiger partial charge in [0.1, 0.15) is 0 Å². The van der Waals surface area contributed by atoms with Gasteiger partial charge in [-0.25, -0.2) is 8.42 Å². The number of nitrogens with zero attached hydrogens (tertiary/aromatic N) is 1. The number of aliphatic hydroxyl groups is 1. The Morgan fingerprint density at radius 3 is 2.52 bits per heavy atom. The lowest BCUT2D eigenvalue weighted by atomic mass is 10.0. The summed E-state index contributed by atoms with van der Waals surface area (Å²) in [6, 6.07) is 13.1. The normalized spacial score (nSPS) is 22.4. The second-order valence-corrected chi connectivity index (χ2v) is 8.11. The molecule has 2 aromatic rings. The van der Waals surface area contributed by atoms with E-state index in [0.717, 1.165) is 5.56 Å². The summed E-state index contributed by atoms with van der Waals surface area (Å²) >= 11 is 6.02. The van der Waals surface area contributed by atoms with Gasteiger partial charge in [-0.2, -0.15) is 4.31 Å². The van der Waals surface area contributed by atoms with Crippen molar-refractivity contribution in [3.8, 4) is 0 Å². The van der Waals surface area contributed by atoms with Crippen molar-refractivity contribution < 1.29 is 13.5 Å². The molecule has 122 valence electrons. The standard InChI is InChI=1S/C17H18ClNO3S/c1-12-5-7-15(8-6-12)23(21,22)19-10-9-16(20)17(19)13-3-2-4-14(18)11-13/h2-8,11,16-17,20H,9-10H2,1H3/t16-,17+/m0/s1. The van der Waals surface area contributed by atoms with Crippen LogP contribution in [0.25, 0.3) is 0 Å². The lowest BCUT2D eigenvalue weighted by molar-refractivity contribution is 0.143. The van der Waals surface area contributed by atoms with Crippen LogP contribution in [0.15, 0.2) is 53.4 Å². The zero-order valence-corrected chi connectivity index (χ0v) is 14.3. The Balaban J connectivity index is 2.02. The molecule has 6 heteroatoms. The van der Waals surface area contributed by atoms with Gasteiger partial charge in [-0.15, -0.1) is 0 Å². The van der Waals surface area contributed by atoms with Crippen molar-refractivity contribution >= 4 is 21.6 Å². The number of halogens is 1. The molecular weight excluding hydrogens is 334 g/mol. The second-order valence-electron chi connectivity index (χ2n) is 5.78. The maximum atomic E-state index is 12.9. The molecule has 0 amide bonds. The molecule has 0 radical (unpaired) electrons. The van der Waals surface area contributed by atoms with Gasteiger partial charge in [0.25, 0.3) is 0 Å². The molecule has 1 heterocycles. The summed E-state index contributed by atoms with van der Waals surface area (Å²) in [4.78, 5) is 0.240. The van der Waals surface area contributed by atoms with Crippen LogP contribution >= 0.6 is 11.6 Å². The van der Waals surface area contributed by atoms with E-state index < -0.39 is 22.2 Å². The SMILES string of the molecule is Cc1ccc(S(=O)(=O)N2CC[C@H](O)[C@H]2c2cccc(Cl)c2)cc1. The molecule has 0 aliphatic carbocycles. The van der Waals surface area contributed by atoms with Crippen LogP contribution in [0.3, 0.4) is 0 Å². The van der Waals surface area contributed by atoms with E-state index in [0.29, 0.717) is 17.0 Å². The molecule has 0 unspecified atom stereocenters. The predicted molar refractivity (Wildman–Crippen MR) is 89.9 cm³/mol. The van der Waals surface area contributed by atoms with E-state index in [4.69, 9.17) is 11.6 Å². The van der Waals surface area contributed by atoms with Gasteiger partial charge in [-0.1, -0.05) is 41.4 Å². The molecule has 4 nitrogen and oxygen atoms in total. The topological polar surface area (TPSA) is 57.6 Å². The summed E-state index contributed by atoms with van der Waals surface area (Å²) in [7, 11) is -3.67. The summed E-state index contributed by atoms with van der Waals surface area (Å²) in [6.45, 7) is 2.19. The van der Waals surface area contributed by atoms with Crippen LogP contribution in [-0.4, -0.2) is 30.5 Å². The summed E-state index contributed by atoms with van der Waals surface area (Å²) in [5.74, 6) is 0. The number of aryl methyl sites for hydroxylation is 1. The fourth-order valence-electron chi connectivity index (χ4n) is 2.94. The van der Waals surface area contributed by atoms with Crippen LogP contribution in [0, 0.1) is 6.92 Å². The minimum atomic E-state index is -3.67. The third-order valence-electron chi connectivity index (χ3n) is 4.14. The van der Waals surface area contributed by atoms with Crippen molar-refractivity contribution in [2.45, 2.75) is 30.4 Å². The first-order valence-corrected chi connectivity index (χ1v) is 9.23. The van der Waals surface area contributed by atoms with Crippen molar-refractivity contribution in [2.75, 3.05) is 6.54 Å². The van der Waals surface area contributed by atoms with Crippen LogP contribution in [0.2, 0.25) is 5.02 Å². The van der Waals surface area contributed by atoms with E-state index in [2.05, 4.69) is 0 Å². The number of aliphatic hydroxyl groups excluding tert-OH is 1. The van der Waals surface area contributed by atoms with E-state index in [1.807, 2.05) is 6.92 Å². The zero-order chi connectivity index (χ0) is 16.6. The third-order valence-corrected chi connectivity index (χ3v) is 6.27. The average Bonchev–Trinajstić information content (AvgIpc) is 2.90. The highest BCUT2D eigenvalue weighted by Gasteiger charge is 2.41. The van der Waals surface area contributed by atoms with Gasteiger partial charge in [-0.05, 0) is 43.2 Å². The smallest absolute Gasteiger partial charge is 0.243 e. The third kappa shape index (κ3) is 3.15. The van der Waals surface area contributed by atoms with Gasteiger partial charge < -0.3 is 5.11 Å². The van der Waals surface area contributed by atoms with Crippen LogP contribution in [0.5, 0.6) is 0 Å². The summed E-state index contributed by atoms with van der Waals surface area (Å²) in [5.41, 5.74) is 1.70. The van der Waals surface area contributed by atoms with E-state index in [-0.39, 0.29) is 11.4 Å². The molecule has 2 aromatic carbocycles. The first-order chi connectivity index (χ1) is 10.9. The fraction of sp³-hybridized carbons (Fsp3) is 0.294. The van der Waals surface area contributed by atoms with Gasteiger partial charge in [0.05, 0.1) is 17.0 Å². The highest BCUT2D eigenvalue weighted by molar-refractivity contribution is 7.89. The van der Waals surface area contributed by atoms with Crippen LogP contribution in [0.4, 0.5) is 0 Å². The maximum absolute atomic E-state index is 12.9. The molecule has 0 saturated carbocycles. The first kappa shape index (κ1) is 16.5. The molecule has 23 heavy (non-hydrogen) atoms. The second kappa shape index (κ2) is 6.24. The highest BCUT2D eigenvalue weighted by Crippen LogP contribution is 2.37. The summed E-state index contributed by atoms with van der Waals surface area (Å²) < 4.78 is 27.3. The molecule has 0 bridgehead atoms. The minimum Gasteiger partial charge on any atom is -0.391 e. The van der Waals surface area contributed by atoms with Gasteiger partial charge >= 0.3 is 0 Å². The Labute approximate surface area is 141 Å². The van der Waals surface area contributed by atoms with Crippen molar-refractivity contribution in [2.24, 2.45) is 0 Å². The number of sulfonamides is 1. The van der Waals surface area contributed by atoms with Crippen molar-refractivity contribution in [1.29, 1.82) is 0 Å². The lowest BCUT2D eigenvalue weighted by Gasteiger charge is -2.26. The number of benzene rings is 2. The number of hydrogen-bond acceptors (Lipinski definition) is 3. The van der Waals surface area contributed by atoms with Crippen molar-refractivity contribution in [3.63, 3.8) is 0 Å². The Morgan fingerprint density at radius 1 is 1.17 bits per heavy atom. The Morgan fingerprint density at radius 2 is 1.87 bits per heavy atom. The van der Waals surface area contributed by atoms with Crippen LogP contribution in [0.1, 0.15) is 23.6 Å². The molecule has 1 fully saturated rings. The molecule has 1 N–H and O–H groups in total. The Bertz CT molecular complexity index is 805. The molecule has 1 aliphatic rings. The van der Waals surface area contributed by atoms with E-state index in [1.54, 1.807) is 48.5 Å². The van der Waals surface area contributed by atoms with Crippen LogP contribution in [-0.2, 0) is 10.0 Å². The van der Waals surface area contributed by atoms with Crippen molar-refractivity contribution in [3.05, 3.63) is 64.7 Å². The Hall–Kier alpha value is -1.40. The van der Waals surface area contributed by atoms with E-state index >= 15 is 0 Å². The quantitative estimate of drug-likeness (QED) is 0.924. The fourth-order valence-corrected chi connectivity index (χ4v) is 4.80. The average molecular weight is 352 g/mol. The van der Waals surface area contributed by atoms with Crippen LogP contribution < -0.4 is 0 Å². The molecule has 0 aromatic heterocycles. The maximum Gasteiger partial charge on any atom is 0.243 e. The Kier molecular flexibility index (Phi) is 4.47. The highest BCUT2D eigenvalue weighted by atomic mass is 35.5. The van der Waals surface area contributed by atoms with E-state index in [1.165, 1.54) is 4.31 Å². The van der Waals surface area contributed by atoms with Crippen molar-refractivity contribution in [1.82, 2.24) is 4.31 Å². The van der Waals surface area contributed by atoms with Gasteiger partial charge in [0.2, 0.25) is 10.0 Å². The van der Waals surface area contributed by atoms with Gasteiger partial charge in [-0.3, -0.25) is 0 Å². The largest absolute Gasteiger partial charge is 0.391 e. The molecular formula is C17H18ClNO3S. The van der Waals surface area contributed by atoms with Gasteiger partial charge in [0.15, 0.2) is 0 Å². The minimum absolute atomic E-state index is 0.240.